The Morgan fingerprint density at radius 3 is 2.45 bits per heavy atom. The van der Waals surface area contributed by atoms with E-state index in [-0.39, 0.29) is 11.9 Å². The van der Waals surface area contributed by atoms with E-state index in [1.807, 2.05) is 27.7 Å². The van der Waals surface area contributed by atoms with Gasteiger partial charge in [-0.2, -0.15) is 5.10 Å². The van der Waals surface area contributed by atoms with Crippen LogP contribution in [0.3, 0.4) is 0 Å². The van der Waals surface area contributed by atoms with Crippen molar-refractivity contribution in [3.8, 4) is 0 Å². The number of amides is 1. The lowest BCUT2D eigenvalue weighted by Crippen LogP contribution is -2.41. The third-order valence-corrected chi connectivity index (χ3v) is 3.83. The van der Waals surface area contributed by atoms with Gasteiger partial charge < -0.3 is 10.4 Å². The highest BCUT2D eigenvalue weighted by Gasteiger charge is 2.24. The second kappa shape index (κ2) is 8.56. The first kappa shape index (κ1) is 18.2. The number of nitrogens with one attached hydrogen (secondary N) is 1. The van der Waals surface area contributed by atoms with Crippen LogP contribution in [0.1, 0.15) is 75.1 Å². The van der Waals surface area contributed by atoms with Crippen LogP contribution in [0.15, 0.2) is 6.07 Å². The lowest BCUT2D eigenvalue weighted by molar-refractivity contribution is -0.139. The molecule has 1 aromatic heterocycles. The molecule has 1 aromatic rings. The molecule has 0 saturated carbocycles. The maximum atomic E-state index is 12.5. The van der Waals surface area contributed by atoms with Crippen molar-refractivity contribution >= 4 is 11.9 Å². The monoisotopic (exact) mass is 309 g/mol. The Hall–Kier alpha value is -1.85. The van der Waals surface area contributed by atoms with E-state index in [2.05, 4.69) is 10.4 Å². The zero-order valence-corrected chi connectivity index (χ0v) is 13.9. The van der Waals surface area contributed by atoms with Crippen LogP contribution < -0.4 is 5.32 Å². The number of carbonyl (C=O) groups is 2. The van der Waals surface area contributed by atoms with Crippen molar-refractivity contribution in [3.63, 3.8) is 0 Å². The van der Waals surface area contributed by atoms with E-state index in [0.717, 1.165) is 31.4 Å². The van der Waals surface area contributed by atoms with Crippen LogP contribution in [-0.4, -0.2) is 32.8 Å². The zero-order chi connectivity index (χ0) is 16.7. The van der Waals surface area contributed by atoms with Crippen LogP contribution in [0.4, 0.5) is 0 Å². The molecule has 0 bridgehead atoms. The average Bonchev–Trinajstić information content (AvgIpc) is 2.86. The summed E-state index contributed by atoms with van der Waals surface area (Å²) >= 11 is 0. The molecule has 22 heavy (non-hydrogen) atoms. The molecule has 124 valence electrons. The minimum atomic E-state index is -0.993. The summed E-state index contributed by atoms with van der Waals surface area (Å²) in [6, 6.07) is 1.01. The number of carboxylic acids is 1. The van der Waals surface area contributed by atoms with E-state index in [4.69, 9.17) is 0 Å². The molecule has 0 aliphatic heterocycles. The van der Waals surface area contributed by atoms with E-state index in [9.17, 15) is 14.7 Å². The number of rotatable bonds is 9. The smallest absolute Gasteiger partial charge is 0.326 e. The molecule has 0 aromatic carbocycles. The van der Waals surface area contributed by atoms with Crippen molar-refractivity contribution in [3.05, 3.63) is 17.5 Å². The Labute approximate surface area is 131 Å². The van der Waals surface area contributed by atoms with Gasteiger partial charge in [0.25, 0.3) is 5.91 Å². The van der Waals surface area contributed by atoms with Crippen molar-refractivity contribution in [2.75, 3.05) is 0 Å². The van der Waals surface area contributed by atoms with Gasteiger partial charge in [0.05, 0.1) is 11.7 Å². The van der Waals surface area contributed by atoms with Gasteiger partial charge >= 0.3 is 5.97 Å². The molecule has 0 radical (unpaired) electrons. The standard InChI is InChI=1S/C16H27N3O3/c1-5-8-9-13(16(21)22)17-15(20)14-10-11(4)18-19(14)12(6-2)7-3/h10,12-13H,5-9H2,1-4H3,(H,17,20)(H,21,22)/t13-/m0/s1. The molecule has 1 amide bonds. The molecule has 1 rings (SSSR count). The number of aryl methyl sites for hydroxylation is 1. The first-order chi connectivity index (χ1) is 10.4. The van der Waals surface area contributed by atoms with E-state index < -0.39 is 12.0 Å². The maximum absolute atomic E-state index is 12.5. The minimum absolute atomic E-state index is 0.147. The largest absolute Gasteiger partial charge is 0.480 e. The summed E-state index contributed by atoms with van der Waals surface area (Å²) in [5.74, 6) is -1.36. The highest BCUT2D eigenvalue weighted by atomic mass is 16.4. The van der Waals surface area contributed by atoms with Crippen molar-refractivity contribution in [2.24, 2.45) is 0 Å². The summed E-state index contributed by atoms with van der Waals surface area (Å²) in [7, 11) is 0. The fraction of sp³-hybridized carbons (Fsp3) is 0.688. The molecule has 0 aliphatic carbocycles. The van der Waals surface area contributed by atoms with Crippen LogP contribution in [-0.2, 0) is 4.79 Å². The fourth-order valence-corrected chi connectivity index (χ4v) is 2.50. The zero-order valence-electron chi connectivity index (χ0n) is 13.9. The first-order valence-electron chi connectivity index (χ1n) is 8.04. The normalized spacial score (nSPS) is 12.4. The number of carbonyl (C=O) groups excluding carboxylic acids is 1. The molecule has 6 heteroatoms. The number of carboxylic acid groups (broad SMARTS) is 1. The van der Waals surface area contributed by atoms with Crippen LogP contribution in [0.5, 0.6) is 0 Å². The Balaban J connectivity index is 2.94. The van der Waals surface area contributed by atoms with Crippen LogP contribution in [0, 0.1) is 6.92 Å². The fourth-order valence-electron chi connectivity index (χ4n) is 2.50. The predicted molar refractivity (Wildman–Crippen MR) is 85.0 cm³/mol. The summed E-state index contributed by atoms with van der Waals surface area (Å²) in [4.78, 5) is 23.7. The maximum Gasteiger partial charge on any atom is 0.326 e. The second-order valence-electron chi connectivity index (χ2n) is 5.59. The molecule has 6 nitrogen and oxygen atoms in total. The summed E-state index contributed by atoms with van der Waals surface area (Å²) in [6.07, 6.45) is 3.84. The van der Waals surface area contributed by atoms with Crippen LogP contribution in [0.2, 0.25) is 0 Å². The minimum Gasteiger partial charge on any atom is -0.480 e. The van der Waals surface area contributed by atoms with Crippen molar-refractivity contribution in [2.45, 2.75) is 71.9 Å². The first-order valence-corrected chi connectivity index (χ1v) is 8.04. The number of aromatic nitrogens is 2. The third-order valence-electron chi connectivity index (χ3n) is 3.83. The number of hydrogen-bond acceptors (Lipinski definition) is 3. The number of unbranched alkanes of at least 4 members (excludes halogenated alkanes) is 1. The highest BCUT2D eigenvalue weighted by Crippen LogP contribution is 2.18. The molecule has 0 fully saturated rings. The van der Waals surface area contributed by atoms with Gasteiger partial charge in [-0.3, -0.25) is 9.48 Å². The summed E-state index contributed by atoms with van der Waals surface area (Å²) in [5, 5.41) is 16.3. The van der Waals surface area contributed by atoms with Crippen molar-refractivity contribution < 1.29 is 14.7 Å². The van der Waals surface area contributed by atoms with Gasteiger partial charge in [-0.05, 0) is 32.3 Å². The number of hydrogen-bond donors (Lipinski definition) is 2. The van der Waals surface area contributed by atoms with Gasteiger partial charge in [0.1, 0.15) is 11.7 Å². The SMILES string of the molecule is CCCC[C@H](NC(=O)c1cc(C)nn1C(CC)CC)C(=O)O. The van der Waals surface area contributed by atoms with E-state index in [0.29, 0.717) is 12.1 Å². The molecule has 0 unspecified atom stereocenters. The lowest BCUT2D eigenvalue weighted by atomic mass is 10.1. The van der Waals surface area contributed by atoms with Crippen LogP contribution in [0.25, 0.3) is 0 Å². The number of nitrogens with zero attached hydrogens (tertiary/aromatic N) is 2. The Bertz CT molecular complexity index is 507. The Morgan fingerprint density at radius 1 is 1.32 bits per heavy atom. The van der Waals surface area contributed by atoms with Crippen LogP contribution >= 0.6 is 0 Å². The molecule has 0 saturated heterocycles. The van der Waals surface area contributed by atoms with Gasteiger partial charge in [0.15, 0.2) is 0 Å². The second-order valence-corrected chi connectivity index (χ2v) is 5.59. The van der Waals surface area contributed by atoms with E-state index >= 15 is 0 Å². The summed E-state index contributed by atoms with van der Waals surface area (Å²) in [5.41, 5.74) is 1.20. The Kier molecular flexibility index (Phi) is 7.08. The number of aliphatic carboxylic acids is 1. The van der Waals surface area contributed by atoms with E-state index in [1.165, 1.54) is 0 Å². The summed E-state index contributed by atoms with van der Waals surface area (Å²) < 4.78 is 1.73. The molecular formula is C16H27N3O3. The highest BCUT2D eigenvalue weighted by molar-refractivity contribution is 5.95. The molecule has 1 atom stereocenters. The van der Waals surface area contributed by atoms with Gasteiger partial charge in [0, 0.05) is 0 Å². The molecule has 0 aliphatic rings. The van der Waals surface area contributed by atoms with Crippen molar-refractivity contribution in [1.29, 1.82) is 0 Å². The van der Waals surface area contributed by atoms with Gasteiger partial charge in [0.2, 0.25) is 0 Å². The molecule has 2 N–H and O–H groups in total. The van der Waals surface area contributed by atoms with Gasteiger partial charge in [-0.25, -0.2) is 4.79 Å². The van der Waals surface area contributed by atoms with Gasteiger partial charge in [-0.1, -0.05) is 33.6 Å². The summed E-state index contributed by atoms with van der Waals surface area (Å²) in [6.45, 7) is 7.93. The average molecular weight is 309 g/mol. The topological polar surface area (TPSA) is 84.2 Å². The Morgan fingerprint density at radius 2 is 1.95 bits per heavy atom. The third kappa shape index (κ3) is 4.58. The lowest BCUT2D eigenvalue weighted by Gasteiger charge is -2.18. The predicted octanol–water partition coefficient (Wildman–Crippen LogP) is 2.93. The molecule has 1 heterocycles. The molecule has 0 spiro atoms. The van der Waals surface area contributed by atoms with E-state index in [1.54, 1.807) is 10.7 Å². The van der Waals surface area contributed by atoms with Crippen molar-refractivity contribution in [1.82, 2.24) is 15.1 Å². The molecular weight excluding hydrogens is 282 g/mol. The quantitative estimate of drug-likeness (QED) is 0.734. The van der Waals surface area contributed by atoms with Gasteiger partial charge in [-0.15, -0.1) is 0 Å².